The molecule has 2 aromatic rings. The number of carbonyl (C=O) groups is 1. The second-order valence-corrected chi connectivity index (χ2v) is 6.81. The fourth-order valence-corrected chi connectivity index (χ4v) is 3.38. The van der Waals surface area contributed by atoms with Gasteiger partial charge < -0.3 is 5.32 Å². The van der Waals surface area contributed by atoms with Crippen molar-refractivity contribution in [1.82, 2.24) is 10.3 Å². The van der Waals surface area contributed by atoms with Crippen LogP contribution in [0.2, 0.25) is 0 Å². The van der Waals surface area contributed by atoms with Gasteiger partial charge in [-0.25, -0.2) is 9.37 Å². The minimum absolute atomic E-state index is 0.0445. The van der Waals surface area contributed by atoms with Gasteiger partial charge >= 0.3 is 0 Å². The van der Waals surface area contributed by atoms with E-state index in [-0.39, 0.29) is 17.8 Å². The van der Waals surface area contributed by atoms with Crippen molar-refractivity contribution >= 4 is 29.0 Å². The van der Waals surface area contributed by atoms with Crippen LogP contribution in [-0.2, 0) is 4.79 Å². The van der Waals surface area contributed by atoms with Crippen LogP contribution in [0.15, 0.2) is 34.5 Å². The number of carbonyl (C=O) groups excluding carboxylic acids is 1. The van der Waals surface area contributed by atoms with Gasteiger partial charge in [-0.05, 0) is 26.0 Å². The van der Waals surface area contributed by atoms with Gasteiger partial charge in [0.05, 0.1) is 16.7 Å². The molecule has 6 heteroatoms. The highest BCUT2D eigenvalue weighted by atomic mass is 32.2. The highest BCUT2D eigenvalue weighted by Gasteiger charge is 2.12. The topological polar surface area (TPSA) is 42.0 Å². The van der Waals surface area contributed by atoms with Crippen molar-refractivity contribution in [2.75, 3.05) is 5.75 Å². The Bertz CT molecular complexity index is 615. The van der Waals surface area contributed by atoms with E-state index < -0.39 is 0 Å². The normalized spacial score (nSPS) is 12.1. The number of hydrogen-bond donors (Lipinski definition) is 1. The molecule has 0 spiro atoms. The van der Waals surface area contributed by atoms with E-state index in [1.807, 2.05) is 19.2 Å². The first-order valence-electron chi connectivity index (χ1n) is 6.65. The number of amides is 1. The monoisotopic (exact) mass is 324 g/mol. The molecule has 2 rings (SSSR count). The first kappa shape index (κ1) is 16.0. The highest BCUT2D eigenvalue weighted by molar-refractivity contribution is 7.99. The van der Waals surface area contributed by atoms with Gasteiger partial charge in [0.15, 0.2) is 0 Å². The molecular weight excluding hydrogens is 307 g/mol. The van der Waals surface area contributed by atoms with Crippen molar-refractivity contribution in [3.8, 4) is 0 Å². The highest BCUT2D eigenvalue weighted by Crippen LogP contribution is 2.22. The van der Waals surface area contributed by atoms with Crippen LogP contribution >= 0.6 is 23.1 Å². The Morgan fingerprint density at radius 3 is 2.90 bits per heavy atom. The molecule has 1 amide bonds. The number of halogens is 1. The fraction of sp³-hybridized carbons (Fsp3) is 0.333. The summed E-state index contributed by atoms with van der Waals surface area (Å²) in [5.74, 6) is 0.265. The Morgan fingerprint density at radius 2 is 2.24 bits per heavy atom. The van der Waals surface area contributed by atoms with Gasteiger partial charge in [-0.2, -0.15) is 0 Å². The molecule has 0 saturated heterocycles. The maximum atomic E-state index is 13.4. The molecule has 0 bridgehead atoms. The zero-order valence-corrected chi connectivity index (χ0v) is 13.6. The predicted molar refractivity (Wildman–Crippen MR) is 85.1 cm³/mol. The Labute approximate surface area is 132 Å². The molecule has 112 valence electrons. The first-order chi connectivity index (χ1) is 10.1. The molecule has 1 aromatic carbocycles. The van der Waals surface area contributed by atoms with Gasteiger partial charge in [-0.1, -0.05) is 12.1 Å². The van der Waals surface area contributed by atoms with E-state index in [1.165, 1.54) is 17.8 Å². The Hall–Kier alpha value is -1.40. The molecule has 1 N–H and O–H groups in total. The van der Waals surface area contributed by atoms with Crippen molar-refractivity contribution in [1.29, 1.82) is 0 Å². The third-order valence-corrected chi connectivity index (χ3v) is 4.72. The largest absolute Gasteiger partial charge is 0.348 e. The number of nitrogens with one attached hydrogen (secondary N) is 1. The summed E-state index contributed by atoms with van der Waals surface area (Å²) in [5, 5.41) is 5.85. The van der Waals surface area contributed by atoms with E-state index in [4.69, 9.17) is 0 Å². The minimum atomic E-state index is -0.241. The van der Waals surface area contributed by atoms with E-state index in [0.717, 1.165) is 10.7 Å². The lowest BCUT2D eigenvalue weighted by Gasteiger charge is -2.11. The minimum Gasteiger partial charge on any atom is -0.348 e. The van der Waals surface area contributed by atoms with Crippen LogP contribution in [0.4, 0.5) is 4.39 Å². The van der Waals surface area contributed by atoms with E-state index >= 15 is 0 Å². The zero-order chi connectivity index (χ0) is 15.2. The molecule has 0 radical (unpaired) electrons. The molecule has 1 heterocycles. The maximum Gasteiger partial charge on any atom is 0.221 e. The third-order valence-electron chi connectivity index (χ3n) is 2.88. The summed E-state index contributed by atoms with van der Waals surface area (Å²) in [4.78, 5) is 16.8. The van der Waals surface area contributed by atoms with E-state index in [1.54, 1.807) is 29.5 Å². The van der Waals surface area contributed by atoms with E-state index in [0.29, 0.717) is 17.1 Å². The lowest BCUT2D eigenvalue weighted by Crippen LogP contribution is -2.27. The fourth-order valence-electron chi connectivity index (χ4n) is 1.78. The van der Waals surface area contributed by atoms with Crippen LogP contribution in [0.25, 0.3) is 0 Å². The van der Waals surface area contributed by atoms with Crippen molar-refractivity contribution < 1.29 is 9.18 Å². The molecule has 0 saturated carbocycles. The molecule has 21 heavy (non-hydrogen) atoms. The van der Waals surface area contributed by atoms with Crippen LogP contribution < -0.4 is 5.32 Å². The lowest BCUT2D eigenvalue weighted by atomic mass is 10.2. The average Bonchev–Trinajstić information content (AvgIpc) is 2.88. The van der Waals surface area contributed by atoms with Gasteiger partial charge in [0.1, 0.15) is 5.82 Å². The summed E-state index contributed by atoms with van der Waals surface area (Å²) in [6.45, 7) is 3.85. The first-order valence-corrected chi connectivity index (χ1v) is 8.51. The molecule has 0 aliphatic heterocycles. The Kier molecular flexibility index (Phi) is 5.76. The Balaban J connectivity index is 1.76. The number of thioether (sulfide) groups is 1. The SMILES string of the molecule is Cc1nc(C(C)NC(=O)CCSc2ccccc2F)cs1. The molecule has 0 fully saturated rings. The van der Waals surface area contributed by atoms with E-state index in [2.05, 4.69) is 10.3 Å². The summed E-state index contributed by atoms with van der Waals surface area (Å²) < 4.78 is 13.4. The number of hydrogen-bond acceptors (Lipinski definition) is 4. The van der Waals surface area contributed by atoms with Gasteiger partial charge in [0.2, 0.25) is 5.91 Å². The molecule has 0 aliphatic carbocycles. The number of thiazole rings is 1. The predicted octanol–water partition coefficient (Wildman–Crippen LogP) is 3.95. The number of aryl methyl sites for hydroxylation is 1. The van der Waals surface area contributed by atoms with Crippen molar-refractivity contribution in [2.24, 2.45) is 0 Å². The second kappa shape index (κ2) is 7.56. The molecule has 1 unspecified atom stereocenters. The second-order valence-electron chi connectivity index (χ2n) is 4.61. The third kappa shape index (κ3) is 4.82. The smallest absolute Gasteiger partial charge is 0.221 e. The molecule has 3 nitrogen and oxygen atoms in total. The summed E-state index contributed by atoms with van der Waals surface area (Å²) in [7, 11) is 0. The van der Waals surface area contributed by atoms with Crippen LogP contribution in [-0.4, -0.2) is 16.6 Å². The summed E-state index contributed by atoms with van der Waals surface area (Å²) in [6, 6.07) is 6.50. The quantitative estimate of drug-likeness (QED) is 0.818. The summed E-state index contributed by atoms with van der Waals surface area (Å²) >= 11 is 2.92. The number of nitrogens with zero attached hydrogens (tertiary/aromatic N) is 1. The van der Waals surface area contributed by atoms with Crippen LogP contribution in [0.5, 0.6) is 0 Å². The summed E-state index contributed by atoms with van der Waals surface area (Å²) in [6.07, 6.45) is 0.354. The van der Waals surface area contributed by atoms with Gasteiger partial charge in [-0.3, -0.25) is 4.79 Å². The van der Waals surface area contributed by atoms with Gasteiger partial charge in [0, 0.05) is 22.4 Å². The van der Waals surface area contributed by atoms with Crippen LogP contribution in [0.3, 0.4) is 0 Å². The molecular formula is C15H17FN2OS2. The molecule has 1 atom stereocenters. The van der Waals surface area contributed by atoms with Crippen molar-refractivity contribution in [3.05, 3.63) is 46.2 Å². The summed E-state index contributed by atoms with van der Waals surface area (Å²) in [5.41, 5.74) is 0.882. The number of rotatable bonds is 6. The van der Waals surface area contributed by atoms with E-state index in [9.17, 15) is 9.18 Å². The molecule has 1 aromatic heterocycles. The molecule has 0 aliphatic rings. The van der Waals surface area contributed by atoms with Crippen LogP contribution in [0, 0.1) is 12.7 Å². The standard InChI is InChI=1S/C15H17FN2OS2/c1-10(13-9-21-11(2)18-13)17-15(19)7-8-20-14-6-4-3-5-12(14)16/h3-6,9-10H,7-8H2,1-2H3,(H,17,19). The average molecular weight is 324 g/mol. The Morgan fingerprint density at radius 1 is 1.48 bits per heavy atom. The lowest BCUT2D eigenvalue weighted by molar-refractivity contribution is -0.121. The number of benzene rings is 1. The van der Waals surface area contributed by atoms with Gasteiger partial charge in [-0.15, -0.1) is 23.1 Å². The van der Waals surface area contributed by atoms with Gasteiger partial charge in [0.25, 0.3) is 0 Å². The van der Waals surface area contributed by atoms with Crippen molar-refractivity contribution in [3.63, 3.8) is 0 Å². The zero-order valence-electron chi connectivity index (χ0n) is 11.9. The number of aromatic nitrogens is 1. The van der Waals surface area contributed by atoms with Crippen LogP contribution in [0.1, 0.15) is 30.1 Å². The maximum absolute atomic E-state index is 13.4. The van der Waals surface area contributed by atoms with Crippen molar-refractivity contribution in [2.45, 2.75) is 31.2 Å².